The van der Waals surface area contributed by atoms with Crippen LogP contribution in [0.2, 0.25) is 0 Å². The molecule has 0 aromatic carbocycles. The summed E-state index contributed by atoms with van der Waals surface area (Å²) in [5, 5.41) is 10.3. The molecule has 1 N–H and O–H groups in total. The van der Waals surface area contributed by atoms with Crippen molar-refractivity contribution < 1.29 is 9.84 Å². The molecule has 116 valence electrons. The van der Waals surface area contributed by atoms with Crippen molar-refractivity contribution in [3.63, 3.8) is 0 Å². The Bertz CT molecular complexity index is 489. The van der Waals surface area contributed by atoms with Crippen LogP contribution in [-0.2, 0) is 11.3 Å². The summed E-state index contributed by atoms with van der Waals surface area (Å²) < 4.78 is 8.32. The summed E-state index contributed by atoms with van der Waals surface area (Å²) in [5.41, 5.74) is 1.07. The van der Waals surface area contributed by atoms with Crippen LogP contribution in [0.25, 0.3) is 0 Å². The highest BCUT2D eigenvalue weighted by Gasteiger charge is 2.43. The van der Waals surface area contributed by atoms with E-state index in [0.29, 0.717) is 6.04 Å². The van der Waals surface area contributed by atoms with Crippen molar-refractivity contribution in [2.24, 2.45) is 0 Å². The standard InChI is InChI=1S/C16H25N3O2/c20-15-2-1-9-21-16(15)5-7-18(8-6-16)11-14-10-17-12-19(14)13-3-4-13/h10,12-13,15,20H,1-9,11H2. The van der Waals surface area contributed by atoms with E-state index in [1.54, 1.807) is 0 Å². The summed E-state index contributed by atoms with van der Waals surface area (Å²) in [6, 6.07) is 0.696. The number of imidazole rings is 1. The summed E-state index contributed by atoms with van der Waals surface area (Å²) >= 11 is 0. The lowest BCUT2D eigenvalue weighted by Gasteiger charge is -2.46. The number of nitrogens with zero attached hydrogens (tertiary/aromatic N) is 3. The number of aromatic nitrogens is 2. The number of aliphatic hydroxyl groups excluding tert-OH is 1. The molecule has 2 saturated heterocycles. The molecule has 1 spiro atoms. The van der Waals surface area contributed by atoms with Crippen molar-refractivity contribution in [2.45, 2.75) is 62.8 Å². The van der Waals surface area contributed by atoms with Crippen LogP contribution >= 0.6 is 0 Å². The summed E-state index contributed by atoms with van der Waals surface area (Å²) in [5.74, 6) is 0. The second-order valence-corrected chi connectivity index (χ2v) is 6.87. The molecule has 1 aliphatic carbocycles. The van der Waals surface area contributed by atoms with Gasteiger partial charge in [0.05, 0.1) is 23.7 Å². The first-order chi connectivity index (χ1) is 10.3. The average Bonchev–Trinajstić information content (AvgIpc) is 3.25. The maximum Gasteiger partial charge on any atom is 0.0964 e. The van der Waals surface area contributed by atoms with Gasteiger partial charge in [0.15, 0.2) is 0 Å². The van der Waals surface area contributed by atoms with Gasteiger partial charge >= 0.3 is 0 Å². The van der Waals surface area contributed by atoms with Crippen LogP contribution in [0.5, 0.6) is 0 Å². The van der Waals surface area contributed by atoms with Crippen molar-refractivity contribution in [1.29, 1.82) is 0 Å². The molecule has 3 fully saturated rings. The Morgan fingerprint density at radius 1 is 1.29 bits per heavy atom. The van der Waals surface area contributed by atoms with Gasteiger partial charge in [-0.1, -0.05) is 0 Å². The third kappa shape index (κ3) is 2.62. The predicted molar refractivity (Wildman–Crippen MR) is 78.9 cm³/mol. The number of aliphatic hydroxyl groups is 1. The average molecular weight is 291 g/mol. The highest BCUT2D eigenvalue weighted by atomic mass is 16.5. The van der Waals surface area contributed by atoms with E-state index in [-0.39, 0.29) is 11.7 Å². The van der Waals surface area contributed by atoms with Crippen LogP contribution in [0.15, 0.2) is 12.5 Å². The molecule has 5 heteroatoms. The van der Waals surface area contributed by atoms with E-state index in [1.807, 2.05) is 12.5 Å². The van der Waals surface area contributed by atoms with E-state index in [9.17, 15) is 5.11 Å². The van der Waals surface area contributed by atoms with Gasteiger partial charge in [-0.25, -0.2) is 4.98 Å². The van der Waals surface area contributed by atoms with E-state index in [1.165, 1.54) is 18.5 Å². The molecule has 0 amide bonds. The molecule has 1 atom stereocenters. The van der Waals surface area contributed by atoms with Gasteiger partial charge in [0.2, 0.25) is 0 Å². The van der Waals surface area contributed by atoms with Crippen LogP contribution in [0, 0.1) is 0 Å². The van der Waals surface area contributed by atoms with Crippen LogP contribution in [0.1, 0.15) is 50.3 Å². The SMILES string of the molecule is OC1CCCOC12CCN(Cc1cncn1C1CC1)CC2. The minimum absolute atomic E-state index is 0.258. The monoisotopic (exact) mass is 291 g/mol. The zero-order valence-electron chi connectivity index (χ0n) is 12.6. The van der Waals surface area contributed by atoms with E-state index < -0.39 is 0 Å². The molecule has 2 aliphatic heterocycles. The Morgan fingerprint density at radius 2 is 2.10 bits per heavy atom. The number of hydrogen-bond donors (Lipinski definition) is 1. The molecule has 5 nitrogen and oxygen atoms in total. The maximum atomic E-state index is 10.3. The Kier molecular flexibility index (Phi) is 3.52. The summed E-state index contributed by atoms with van der Waals surface area (Å²) in [7, 11) is 0. The fraction of sp³-hybridized carbons (Fsp3) is 0.812. The Balaban J connectivity index is 1.37. The van der Waals surface area contributed by atoms with E-state index in [0.717, 1.165) is 51.9 Å². The van der Waals surface area contributed by atoms with E-state index >= 15 is 0 Å². The second-order valence-electron chi connectivity index (χ2n) is 6.87. The highest BCUT2D eigenvalue weighted by Crippen LogP contribution is 2.37. The van der Waals surface area contributed by atoms with Gasteiger partial charge in [0.1, 0.15) is 0 Å². The molecule has 1 aromatic rings. The quantitative estimate of drug-likeness (QED) is 0.921. The first-order valence-electron chi connectivity index (χ1n) is 8.32. The zero-order chi connectivity index (χ0) is 14.3. The lowest BCUT2D eigenvalue weighted by atomic mass is 9.82. The summed E-state index contributed by atoms with van der Waals surface area (Å²) in [6.45, 7) is 3.80. The molecule has 3 aliphatic rings. The fourth-order valence-electron chi connectivity index (χ4n) is 3.84. The van der Waals surface area contributed by atoms with Gasteiger partial charge in [0, 0.05) is 38.5 Å². The van der Waals surface area contributed by atoms with Crippen molar-refractivity contribution in [3.8, 4) is 0 Å². The second kappa shape index (κ2) is 5.38. The smallest absolute Gasteiger partial charge is 0.0964 e. The highest BCUT2D eigenvalue weighted by molar-refractivity contribution is 5.04. The molecule has 0 bridgehead atoms. The number of piperidine rings is 1. The first kappa shape index (κ1) is 13.7. The third-order valence-corrected chi connectivity index (χ3v) is 5.39. The Morgan fingerprint density at radius 3 is 2.81 bits per heavy atom. The van der Waals surface area contributed by atoms with Gasteiger partial charge < -0.3 is 14.4 Å². The topological polar surface area (TPSA) is 50.5 Å². The molecule has 1 saturated carbocycles. The lowest BCUT2D eigenvalue weighted by molar-refractivity contribution is -0.177. The molecule has 21 heavy (non-hydrogen) atoms. The Labute approximate surface area is 125 Å². The molecular weight excluding hydrogens is 266 g/mol. The van der Waals surface area contributed by atoms with Crippen LogP contribution in [0.3, 0.4) is 0 Å². The van der Waals surface area contributed by atoms with Crippen molar-refractivity contribution in [3.05, 3.63) is 18.2 Å². The lowest BCUT2D eigenvalue weighted by Crippen LogP contribution is -2.55. The Hall–Kier alpha value is -0.910. The van der Waals surface area contributed by atoms with Gasteiger partial charge in [-0.15, -0.1) is 0 Å². The molecule has 3 heterocycles. The summed E-state index contributed by atoms with van der Waals surface area (Å²) in [6.07, 6.45) is 10.1. The fourth-order valence-corrected chi connectivity index (χ4v) is 3.84. The van der Waals surface area contributed by atoms with Gasteiger partial charge in [-0.05, 0) is 38.5 Å². The van der Waals surface area contributed by atoms with Gasteiger partial charge in [0.25, 0.3) is 0 Å². The zero-order valence-corrected chi connectivity index (χ0v) is 12.6. The van der Waals surface area contributed by atoms with Gasteiger partial charge in [-0.2, -0.15) is 0 Å². The molecular formula is C16H25N3O2. The van der Waals surface area contributed by atoms with Crippen LogP contribution < -0.4 is 0 Å². The number of likely N-dealkylation sites (tertiary alicyclic amines) is 1. The predicted octanol–water partition coefficient (Wildman–Crippen LogP) is 1.72. The molecule has 4 rings (SSSR count). The number of ether oxygens (including phenoxy) is 1. The maximum absolute atomic E-state index is 10.3. The van der Waals surface area contributed by atoms with Crippen molar-refractivity contribution in [2.75, 3.05) is 19.7 Å². The molecule has 1 aromatic heterocycles. The minimum atomic E-state index is -0.273. The molecule has 0 radical (unpaired) electrons. The van der Waals surface area contributed by atoms with Crippen LogP contribution in [0.4, 0.5) is 0 Å². The normalized spacial score (nSPS) is 29.9. The number of hydrogen-bond acceptors (Lipinski definition) is 4. The minimum Gasteiger partial charge on any atom is -0.390 e. The largest absolute Gasteiger partial charge is 0.390 e. The first-order valence-corrected chi connectivity index (χ1v) is 8.32. The summed E-state index contributed by atoms with van der Waals surface area (Å²) in [4.78, 5) is 6.79. The van der Waals surface area contributed by atoms with E-state index in [4.69, 9.17) is 4.74 Å². The number of rotatable bonds is 3. The van der Waals surface area contributed by atoms with Crippen molar-refractivity contribution >= 4 is 0 Å². The third-order valence-electron chi connectivity index (χ3n) is 5.39. The van der Waals surface area contributed by atoms with Gasteiger partial charge in [-0.3, -0.25) is 4.90 Å². The van der Waals surface area contributed by atoms with Crippen LogP contribution in [-0.4, -0.2) is 51.0 Å². The van der Waals surface area contributed by atoms with Crippen molar-refractivity contribution in [1.82, 2.24) is 14.5 Å². The molecule has 1 unspecified atom stereocenters. The van der Waals surface area contributed by atoms with E-state index in [2.05, 4.69) is 14.5 Å².